The molecule has 0 aliphatic heterocycles. The van der Waals surface area contributed by atoms with Gasteiger partial charge in [0.25, 0.3) is 11.8 Å². The third-order valence-corrected chi connectivity index (χ3v) is 7.48. The lowest BCUT2D eigenvalue weighted by Gasteiger charge is -2.28. The number of aliphatic carboxylic acids is 1. The fraction of sp³-hybridized carbons (Fsp3) is 0.316. The highest BCUT2D eigenvalue weighted by Gasteiger charge is 2.25. The fourth-order valence-corrected chi connectivity index (χ4v) is 4.80. The zero-order chi connectivity index (χ0) is 36.6. The van der Waals surface area contributed by atoms with Crippen LogP contribution in [0.4, 0.5) is 11.4 Å². The number of methoxy groups -OCH3 is 1. The van der Waals surface area contributed by atoms with Gasteiger partial charge in [0.05, 0.1) is 20.1 Å². The molecule has 1 aromatic heterocycles. The van der Waals surface area contributed by atoms with E-state index in [0.717, 1.165) is 10.8 Å². The molecular weight excluding hydrogens is 638 g/mol. The van der Waals surface area contributed by atoms with Gasteiger partial charge in [0.15, 0.2) is 0 Å². The summed E-state index contributed by atoms with van der Waals surface area (Å²) in [7, 11) is 1.46. The van der Waals surface area contributed by atoms with Gasteiger partial charge in [-0.1, -0.05) is 58.0 Å². The fourth-order valence-electron chi connectivity index (χ4n) is 4.80. The maximum absolute atomic E-state index is 13.5. The molecule has 0 aliphatic rings. The van der Waals surface area contributed by atoms with Gasteiger partial charge in [0.2, 0.25) is 11.8 Å². The summed E-state index contributed by atoms with van der Waals surface area (Å²) in [6.07, 6.45) is 1.90. The SMILES string of the molecule is CC.COc1cccc(C(=O)N(CCC(=O)O)CC(=O)N(CCC(C)C)CC(=O)Nc2ccc(NC(=O)c3cc4ccccc4cn3)cc2)c1. The highest BCUT2D eigenvalue weighted by Crippen LogP contribution is 2.18. The average molecular weight is 684 g/mol. The van der Waals surface area contributed by atoms with E-state index in [2.05, 4.69) is 15.6 Å². The number of anilines is 2. The van der Waals surface area contributed by atoms with E-state index in [-0.39, 0.29) is 49.1 Å². The Hall–Kier alpha value is -5.78. The molecule has 0 atom stereocenters. The summed E-state index contributed by atoms with van der Waals surface area (Å²) in [5.41, 5.74) is 1.47. The minimum atomic E-state index is -1.11. The largest absolute Gasteiger partial charge is 0.497 e. The Kier molecular flexibility index (Phi) is 14.9. The van der Waals surface area contributed by atoms with Crippen molar-refractivity contribution >= 4 is 51.7 Å². The number of ether oxygens (including phenoxy) is 1. The van der Waals surface area contributed by atoms with E-state index >= 15 is 0 Å². The zero-order valence-electron chi connectivity index (χ0n) is 29.1. The monoisotopic (exact) mass is 683 g/mol. The molecule has 0 radical (unpaired) electrons. The van der Waals surface area contributed by atoms with Gasteiger partial charge in [-0.15, -0.1) is 0 Å². The number of nitrogens with one attached hydrogen (secondary N) is 2. The number of rotatable bonds is 15. The van der Waals surface area contributed by atoms with Crippen molar-refractivity contribution in [1.29, 1.82) is 0 Å². The van der Waals surface area contributed by atoms with Gasteiger partial charge in [-0.05, 0) is 66.3 Å². The van der Waals surface area contributed by atoms with Crippen LogP contribution in [-0.2, 0) is 14.4 Å². The number of carbonyl (C=O) groups is 5. The quantitative estimate of drug-likeness (QED) is 0.139. The number of pyridine rings is 1. The highest BCUT2D eigenvalue weighted by atomic mass is 16.5. The first-order valence-electron chi connectivity index (χ1n) is 16.5. The second kappa shape index (κ2) is 19.3. The predicted octanol–water partition coefficient (Wildman–Crippen LogP) is 5.95. The van der Waals surface area contributed by atoms with Crippen molar-refractivity contribution < 1.29 is 33.8 Å². The first-order valence-corrected chi connectivity index (χ1v) is 16.5. The molecule has 50 heavy (non-hydrogen) atoms. The van der Waals surface area contributed by atoms with Crippen LogP contribution in [0.3, 0.4) is 0 Å². The van der Waals surface area contributed by atoms with E-state index in [0.29, 0.717) is 23.5 Å². The van der Waals surface area contributed by atoms with Crippen molar-refractivity contribution in [3.63, 3.8) is 0 Å². The van der Waals surface area contributed by atoms with Crippen LogP contribution in [0, 0.1) is 5.92 Å². The number of aromatic nitrogens is 1. The minimum Gasteiger partial charge on any atom is -0.497 e. The molecule has 0 bridgehead atoms. The summed E-state index contributed by atoms with van der Waals surface area (Å²) >= 11 is 0. The van der Waals surface area contributed by atoms with E-state index in [1.54, 1.807) is 54.7 Å². The second-order valence-corrected chi connectivity index (χ2v) is 11.6. The number of carboxylic acids is 1. The van der Waals surface area contributed by atoms with Crippen LogP contribution in [0.2, 0.25) is 0 Å². The molecule has 3 aromatic carbocycles. The van der Waals surface area contributed by atoms with E-state index in [1.807, 2.05) is 52.0 Å². The Labute approximate surface area is 292 Å². The van der Waals surface area contributed by atoms with Crippen molar-refractivity contribution in [2.75, 3.05) is 43.9 Å². The Bertz CT molecular complexity index is 1780. The molecule has 0 saturated heterocycles. The first kappa shape index (κ1) is 38.7. The molecule has 264 valence electrons. The summed E-state index contributed by atoms with van der Waals surface area (Å²) < 4.78 is 5.20. The van der Waals surface area contributed by atoms with Gasteiger partial charge in [-0.2, -0.15) is 0 Å². The van der Waals surface area contributed by atoms with E-state index in [1.165, 1.54) is 23.0 Å². The lowest BCUT2D eigenvalue weighted by Crippen LogP contribution is -2.46. The van der Waals surface area contributed by atoms with Gasteiger partial charge in [-0.3, -0.25) is 29.0 Å². The van der Waals surface area contributed by atoms with E-state index < -0.39 is 30.2 Å². The molecule has 4 aromatic rings. The topological polar surface area (TPSA) is 158 Å². The van der Waals surface area contributed by atoms with Crippen molar-refractivity contribution in [3.8, 4) is 5.75 Å². The highest BCUT2D eigenvalue weighted by molar-refractivity contribution is 6.05. The number of hydrogen-bond acceptors (Lipinski definition) is 7. The smallest absolute Gasteiger partial charge is 0.305 e. The molecule has 0 spiro atoms. The van der Waals surface area contributed by atoms with Crippen LogP contribution in [0.5, 0.6) is 5.75 Å². The summed E-state index contributed by atoms with van der Waals surface area (Å²) in [4.78, 5) is 70.9. The summed E-state index contributed by atoms with van der Waals surface area (Å²) in [5, 5.41) is 16.7. The molecular formula is C38H45N5O7. The number of carbonyl (C=O) groups excluding carboxylic acids is 4. The molecule has 12 nitrogen and oxygen atoms in total. The summed E-state index contributed by atoms with van der Waals surface area (Å²) in [5.74, 6) is -2.29. The number of carboxylic acid groups (broad SMARTS) is 1. The van der Waals surface area contributed by atoms with Crippen LogP contribution < -0.4 is 15.4 Å². The summed E-state index contributed by atoms with van der Waals surface area (Å²) in [6.45, 7) is 7.36. The maximum atomic E-state index is 13.5. The lowest BCUT2D eigenvalue weighted by atomic mass is 10.1. The molecule has 4 amide bonds. The predicted molar refractivity (Wildman–Crippen MR) is 193 cm³/mol. The van der Waals surface area contributed by atoms with Crippen LogP contribution in [0.1, 0.15) is 61.4 Å². The average Bonchev–Trinajstić information content (AvgIpc) is 3.12. The molecule has 0 fully saturated rings. The van der Waals surface area contributed by atoms with Crippen molar-refractivity contribution in [1.82, 2.24) is 14.8 Å². The second-order valence-electron chi connectivity index (χ2n) is 11.6. The Morgan fingerprint density at radius 2 is 1.46 bits per heavy atom. The number of hydrogen-bond donors (Lipinski definition) is 3. The number of benzene rings is 3. The molecule has 12 heteroatoms. The van der Waals surface area contributed by atoms with Crippen molar-refractivity contribution in [2.45, 2.75) is 40.5 Å². The Morgan fingerprint density at radius 1 is 0.800 bits per heavy atom. The van der Waals surface area contributed by atoms with Gasteiger partial charge in [0.1, 0.15) is 18.0 Å². The van der Waals surface area contributed by atoms with Gasteiger partial charge in [0, 0.05) is 41.6 Å². The molecule has 3 N–H and O–H groups in total. The third-order valence-electron chi connectivity index (χ3n) is 7.48. The maximum Gasteiger partial charge on any atom is 0.305 e. The van der Waals surface area contributed by atoms with Gasteiger partial charge >= 0.3 is 5.97 Å². The zero-order valence-corrected chi connectivity index (χ0v) is 29.1. The normalized spacial score (nSPS) is 10.4. The van der Waals surface area contributed by atoms with Gasteiger partial charge < -0.3 is 30.3 Å². The third kappa shape index (κ3) is 11.7. The Balaban J connectivity index is 0.00000332. The molecule has 4 rings (SSSR count). The standard InChI is InChI=1S/C36H39N5O7.C2H6/c1-24(2)15-17-40(33(43)23-41(18-16-34(44)45)36(47)26-9-6-10-30(19-26)48-3)22-32(42)38-28-11-13-29(14-12-28)39-35(46)31-20-25-7-4-5-8-27(25)21-37-31;1-2/h4-14,19-21,24H,15-18,22-23H2,1-3H3,(H,38,42)(H,39,46)(H,44,45);1-2H3. The van der Waals surface area contributed by atoms with Crippen LogP contribution in [0.25, 0.3) is 10.8 Å². The van der Waals surface area contributed by atoms with E-state index in [4.69, 9.17) is 4.74 Å². The number of amides is 4. The molecule has 0 aliphatic carbocycles. The summed E-state index contributed by atoms with van der Waals surface area (Å²) in [6, 6.07) is 22.2. The Morgan fingerprint density at radius 3 is 2.10 bits per heavy atom. The van der Waals surface area contributed by atoms with E-state index in [9.17, 15) is 29.1 Å². The van der Waals surface area contributed by atoms with Crippen LogP contribution in [0.15, 0.2) is 85.1 Å². The number of fused-ring (bicyclic) bond motifs is 1. The molecule has 1 heterocycles. The van der Waals surface area contributed by atoms with Crippen LogP contribution in [-0.4, -0.2) is 82.8 Å². The van der Waals surface area contributed by atoms with Crippen LogP contribution >= 0.6 is 0 Å². The van der Waals surface area contributed by atoms with Crippen molar-refractivity contribution in [3.05, 3.63) is 96.3 Å². The number of nitrogens with zero attached hydrogens (tertiary/aromatic N) is 3. The van der Waals surface area contributed by atoms with Gasteiger partial charge in [-0.25, -0.2) is 0 Å². The molecule has 0 unspecified atom stereocenters. The minimum absolute atomic E-state index is 0.193. The van der Waals surface area contributed by atoms with Crippen molar-refractivity contribution in [2.24, 2.45) is 5.92 Å². The lowest BCUT2D eigenvalue weighted by molar-refractivity contribution is -0.138. The molecule has 0 saturated carbocycles. The first-order chi connectivity index (χ1) is 24.0.